The van der Waals surface area contributed by atoms with Crippen LogP contribution in [0.5, 0.6) is 5.75 Å². The van der Waals surface area contributed by atoms with E-state index in [0.717, 1.165) is 0 Å². The SMILES string of the molecule is NS(=O)(=O)c1cnc(C(F)F)c(O)c1Br. The predicted octanol–water partition coefficient (Wildman–Crippen LogP) is 1.13. The molecule has 15 heavy (non-hydrogen) atoms. The van der Waals surface area contributed by atoms with Crippen molar-refractivity contribution in [2.45, 2.75) is 11.3 Å². The van der Waals surface area contributed by atoms with Crippen LogP contribution in [0, 0.1) is 0 Å². The van der Waals surface area contributed by atoms with Crippen molar-refractivity contribution < 1.29 is 22.3 Å². The third kappa shape index (κ3) is 2.41. The van der Waals surface area contributed by atoms with E-state index in [-0.39, 0.29) is 0 Å². The van der Waals surface area contributed by atoms with Gasteiger partial charge < -0.3 is 5.11 Å². The van der Waals surface area contributed by atoms with Crippen LogP contribution < -0.4 is 5.14 Å². The molecule has 1 aromatic rings. The van der Waals surface area contributed by atoms with Crippen LogP contribution in [0.15, 0.2) is 15.6 Å². The van der Waals surface area contributed by atoms with Gasteiger partial charge in [0.25, 0.3) is 6.43 Å². The van der Waals surface area contributed by atoms with Gasteiger partial charge in [0.2, 0.25) is 10.0 Å². The zero-order chi connectivity index (χ0) is 11.8. The molecule has 9 heteroatoms. The van der Waals surface area contributed by atoms with E-state index < -0.39 is 37.3 Å². The number of alkyl halides is 2. The van der Waals surface area contributed by atoms with Crippen molar-refractivity contribution in [1.82, 2.24) is 4.98 Å². The number of hydrogen-bond donors (Lipinski definition) is 2. The summed E-state index contributed by atoms with van der Waals surface area (Å²) in [5.41, 5.74) is -0.908. The molecule has 3 N–H and O–H groups in total. The van der Waals surface area contributed by atoms with E-state index >= 15 is 0 Å². The van der Waals surface area contributed by atoms with E-state index in [0.29, 0.717) is 6.20 Å². The van der Waals surface area contributed by atoms with E-state index in [1.54, 1.807) is 0 Å². The number of halogens is 3. The molecule has 5 nitrogen and oxygen atoms in total. The predicted molar refractivity (Wildman–Crippen MR) is 49.9 cm³/mol. The second-order valence-corrected chi connectivity index (χ2v) is 4.84. The number of rotatable bonds is 2. The van der Waals surface area contributed by atoms with Crippen molar-refractivity contribution in [3.63, 3.8) is 0 Å². The largest absolute Gasteiger partial charge is 0.505 e. The minimum absolute atomic E-state index is 0.421. The van der Waals surface area contributed by atoms with E-state index in [1.807, 2.05) is 0 Å². The van der Waals surface area contributed by atoms with Crippen LogP contribution in [0.3, 0.4) is 0 Å². The summed E-state index contributed by atoms with van der Waals surface area (Å²) in [6.07, 6.45) is -2.35. The topological polar surface area (TPSA) is 93.3 Å². The second kappa shape index (κ2) is 3.99. The molecule has 0 saturated carbocycles. The summed E-state index contributed by atoms with van der Waals surface area (Å²) in [5, 5.41) is 14.0. The van der Waals surface area contributed by atoms with E-state index in [4.69, 9.17) is 5.14 Å². The molecule has 0 unspecified atom stereocenters. The highest BCUT2D eigenvalue weighted by Crippen LogP contribution is 2.36. The van der Waals surface area contributed by atoms with E-state index in [2.05, 4.69) is 20.9 Å². The molecule has 0 aromatic carbocycles. The van der Waals surface area contributed by atoms with Gasteiger partial charge in [0, 0.05) is 6.20 Å². The van der Waals surface area contributed by atoms with Crippen LogP contribution in [0.2, 0.25) is 0 Å². The van der Waals surface area contributed by atoms with Crippen LogP contribution >= 0.6 is 15.9 Å². The zero-order valence-corrected chi connectivity index (χ0v) is 9.39. The average molecular weight is 303 g/mol. The maximum atomic E-state index is 12.2. The van der Waals surface area contributed by atoms with Gasteiger partial charge in [-0.3, -0.25) is 0 Å². The molecule has 0 bridgehead atoms. The first-order valence-electron chi connectivity index (χ1n) is 3.43. The van der Waals surface area contributed by atoms with Crippen molar-refractivity contribution in [2.75, 3.05) is 0 Å². The van der Waals surface area contributed by atoms with Crippen molar-refractivity contribution in [3.8, 4) is 5.75 Å². The summed E-state index contributed by atoms with van der Waals surface area (Å²) >= 11 is 2.65. The van der Waals surface area contributed by atoms with Gasteiger partial charge >= 0.3 is 0 Å². The van der Waals surface area contributed by atoms with E-state index in [9.17, 15) is 22.3 Å². The molecular formula is C6H5BrF2N2O3S. The van der Waals surface area contributed by atoms with Crippen LogP contribution in [0.25, 0.3) is 0 Å². The molecule has 1 aromatic heterocycles. The Morgan fingerprint density at radius 3 is 2.47 bits per heavy atom. The van der Waals surface area contributed by atoms with Gasteiger partial charge in [-0.05, 0) is 15.9 Å². The molecule has 0 atom stereocenters. The Labute approximate surface area is 92.1 Å². The monoisotopic (exact) mass is 302 g/mol. The summed E-state index contributed by atoms with van der Waals surface area (Å²) in [4.78, 5) is 2.56. The first kappa shape index (κ1) is 12.3. The van der Waals surface area contributed by atoms with Crippen LogP contribution in [0.1, 0.15) is 12.1 Å². The molecule has 1 heterocycles. The second-order valence-electron chi connectivity index (χ2n) is 2.52. The molecule has 0 saturated heterocycles. The molecule has 84 valence electrons. The van der Waals surface area contributed by atoms with Crippen molar-refractivity contribution in [3.05, 3.63) is 16.4 Å². The lowest BCUT2D eigenvalue weighted by atomic mass is 10.3. The van der Waals surface area contributed by atoms with E-state index in [1.165, 1.54) is 0 Å². The minimum atomic E-state index is -4.11. The van der Waals surface area contributed by atoms with Crippen molar-refractivity contribution >= 4 is 26.0 Å². The Hall–Kier alpha value is -0.800. The maximum Gasteiger partial charge on any atom is 0.284 e. The van der Waals surface area contributed by atoms with Crippen molar-refractivity contribution in [1.29, 1.82) is 0 Å². The molecule has 0 radical (unpaired) electrons. The molecule has 0 spiro atoms. The molecule has 0 amide bonds. The van der Waals surface area contributed by atoms with Crippen LogP contribution in [-0.2, 0) is 10.0 Å². The fourth-order valence-corrected chi connectivity index (χ4v) is 2.36. The normalized spacial score (nSPS) is 12.1. The Morgan fingerprint density at radius 2 is 2.07 bits per heavy atom. The third-order valence-electron chi connectivity index (χ3n) is 1.50. The van der Waals surface area contributed by atoms with Crippen LogP contribution in [-0.4, -0.2) is 18.5 Å². The minimum Gasteiger partial charge on any atom is -0.505 e. The number of pyridine rings is 1. The van der Waals surface area contributed by atoms with Gasteiger partial charge in [0.15, 0.2) is 5.75 Å². The summed E-state index contributed by atoms with van der Waals surface area (Å²) in [6.45, 7) is 0. The molecule has 1 rings (SSSR count). The number of aromatic nitrogens is 1. The third-order valence-corrected chi connectivity index (χ3v) is 3.49. The lowest BCUT2D eigenvalue weighted by Gasteiger charge is -2.07. The summed E-state index contributed by atoms with van der Waals surface area (Å²) < 4.78 is 45.8. The average Bonchev–Trinajstić information content (AvgIpc) is 2.06. The van der Waals surface area contributed by atoms with Gasteiger partial charge in [0.05, 0.1) is 4.47 Å². The van der Waals surface area contributed by atoms with Gasteiger partial charge in [-0.25, -0.2) is 27.3 Å². The number of aromatic hydroxyl groups is 1. The summed E-state index contributed by atoms with van der Waals surface area (Å²) in [5.74, 6) is -0.934. The lowest BCUT2D eigenvalue weighted by Crippen LogP contribution is -2.13. The first-order valence-corrected chi connectivity index (χ1v) is 5.77. The number of nitrogens with two attached hydrogens (primary N) is 1. The number of sulfonamides is 1. The number of primary sulfonamides is 1. The standard InChI is InChI=1S/C6H5BrF2N2O3S/c7-3-2(15(10,13)14)1-11-4(5(3)12)6(8)9/h1,6,12H,(H2,10,13,14). The highest BCUT2D eigenvalue weighted by Gasteiger charge is 2.23. The lowest BCUT2D eigenvalue weighted by molar-refractivity contribution is 0.141. The molecule has 0 fully saturated rings. The summed E-state index contributed by atoms with van der Waals surface area (Å²) in [6, 6.07) is 0. The smallest absolute Gasteiger partial charge is 0.284 e. The highest BCUT2D eigenvalue weighted by molar-refractivity contribution is 9.10. The van der Waals surface area contributed by atoms with Gasteiger partial charge in [-0.2, -0.15) is 0 Å². The quantitative estimate of drug-likeness (QED) is 0.856. The van der Waals surface area contributed by atoms with Crippen molar-refractivity contribution in [2.24, 2.45) is 5.14 Å². The Balaban J connectivity index is 3.48. The fourth-order valence-electron chi connectivity index (χ4n) is 0.833. The summed E-state index contributed by atoms with van der Waals surface area (Å²) in [7, 11) is -4.11. The Bertz CT molecular complexity index is 491. The Kier molecular flexibility index (Phi) is 3.26. The fraction of sp³-hybridized carbons (Fsp3) is 0.167. The molecular weight excluding hydrogens is 298 g/mol. The highest BCUT2D eigenvalue weighted by atomic mass is 79.9. The molecule has 0 aliphatic rings. The molecule has 0 aliphatic heterocycles. The number of hydrogen-bond acceptors (Lipinski definition) is 4. The van der Waals surface area contributed by atoms with Gasteiger partial charge in [0.1, 0.15) is 10.6 Å². The maximum absolute atomic E-state index is 12.2. The zero-order valence-electron chi connectivity index (χ0n) is 6.99. The van der Waals surface area contributed by atoms with Crippen LogP contribution in [0.4, 0.5) is 8.78 Å². The number of nitrogens with zero attached hydrogens (tertiary/aromatic N) is 1. The Morgan fingerprint density at radius 1 is 1.53 bits per heavy atom. The van der Waals surface area contributed by atoms with Gasteiger partial charge in [-0.1, -0.05) is 0 Å². The van der Waals surface area contributed by atoms with Gasteiger partial charge in [-0.15, -0.1) is 0 Å². The first-order chi connectivity index (χ1) is 6.75. The molecule has 0 aliphatic carbocycles.